The van der Waals surface area contributed by atoms with Crippen LogP contribution in [0.4, 0.5) is 5.69 Å². The average molecular weight is 283 g/mol. The number of primary amides is 1. The zero-order valence-electron chi connectivity index (χ0n) is 11.9. The van der Waals surface area contributed by atoms with Crippen LogP contribution in [0.1, 0.15) is 24.2 Å². The maximum Gasteiger partial charge on any atom is 0.251 e. The number of carbonyl (C=O) groups is 1. The summed E-state index contributed by atoms with van der Waals surface area (Å²) >= 11 is 0. The Morgan fingerprint density at radius 1 is 1.14 bits per heavy atom. The zero-order chi connectivity index (χ0) is 15.4. The standard InChI is InChI=1S/C13H11N5O.C2H6/c14-10-4-2-1-3-8(10)12-9(13(15)19)7-17-18-11(12)5-6-16-18;1-2/h1-7H,14H2,(H2,15,19);1-2H3. The Balaban J connectivity index is 0.000000774. The average Bonchev–Trinajstić information content (AvgIpc) is 2.97. The molecule has 0 aliphatic carbocycles. The molecule has 0 aliphatic rings. The maximum absolute atomic E-state index is 11.6. The van der Waals surface area contributed by atoms with Crippen molar-refractivity contribution in [1.82, 2.24) is 14.8 Å². The summed E-state index contributed by atoms with van der Waals surface area (Å²) in [6.07, 6.45) is 3.01. The molecule has 3 rings (SSSR count). The number of fused-ring (bicyclic) bond motifs is 1. The Morgan fingerprint density at radius 3 is 2.52 bits per heavy atom. The first-order chi connectivity index (χ1) is 10.2. The van der Waals surface area contributed by atoms with Gasteiger partial charge in [-0.25, -0.2) is 0 Å². The summed E-state index contributed by atoms with van der Waals surface area (Å²) in [6, 6.07) is 9.06. The number of aromatic nitrogens is 3. The van der Waals surface area contributed by atoms with Crippen LogP contribution in [0.3, 0.4) is 0 Å². The van der Waals surface area contributed by atoms with E-state index in [9.17, 15) is 4.79 Å². The topological polar surface area (TPSA) is 99.3 Å². The van der Waals surface area contributed by atoms with E-state index in [1.165, 1.54) is 10.8 Å². The van der Waals surface area contributed by atoms with E-state index < -0.39 is 5.91 Å². The zero-order valence-corrected chi connectivity index (χ0v) is 11.9. The molecule has 6 heteroatoms. The quantitative estimate of drug-likeness (QED) is 0.703. The van der Waals surface area contributed by atoms with Gasteiger partial charge < -0.3 is 11.5 Å². The summed E-state index contributed by atoms with van der Waals surface area (Å²) in [6.45, 7) is 4.00. The molecule has 0 saturated heterocycles. The van der Waals surface area contributed by atoms with E-state index in [0.29, 0.717) is 22.3 Å². The van der Waals surface area contributed by atoms with Gasteiger partial charge in [0.15, 0.2) is 0 Å². The molecule has 0 fully saturated rings. The molecule has 0 saturated carbocycles. The minimum absolute atomic E-state index is 0.325. The third kappa shape index (κ3) is 2.55. The van der Waals surface area contributed by atoms with Gasteiger partial charge in [0.2, 0.25) is 0 Å². The fourth-order valence-electron chi connectivity index (χ4n) is 2.08. The summed E-state index contributed by atoms with van der Waals surface area (Å²) in [5.74, 6) is -0.547. The van der Waals surface area contributed by atoms with Gasteiger partial charge in [0.05, 0.1) is 23.5 Å². The summed E-state index contributed by atoms with van der Waals surface area (Å²) in [5, 5.41) is 8.09. The largest absolute Gasteiger partial charge is 0.398 e. The molecule has 0 spiro atoms. The van der Waals surface area contributed by atoms with E-state index in [1.54, 1.807) is 18.3 Å². The molecule has 0 unspecified atom stereocenters. The molecule has 0 atom stereocenters. The van der Waals surface area contributed by atoms with E-state index in [1.807, 2.05) is 32.0 Å². The third-order valence-corrected chi connectivity index (χ3v) is 2.94. The Bertz CT molecular complexity index is 779. The van der Waals surface area contributed by atoms with Crippen molar-refractivity contribution in [2.45, 2.75) is 13.8 Å². The molecule has 6 nitrogen and oxygen atoms in total. The second-order valence-corrected chi connectivity index (χ2v) is 4.09. The van der Waals surface area contributed by atoms with Crippen LogP contribution in [0.25, 0.3) is 16.6 Å². The summed E-state index contributed by atoms with van der Waals surface area (Å²) < 4.78 is 1.44. The van der Waals surface area contributed by atoms with Gasteiger partial charge in [0.1, 0.15) is 0 Å². The van der Waals surface area contributed by atoms with Crippen LogP contribution < -0.4 is 11.5 Å². The minimum atomic E-state index is -0.547. The number of amides is 1. The first-order valence-corrected chi connectivity index (χ1v) is 6.66. The second kappa shape index (κ2) is 6.04. The molecule has 21 heavy (non-hydrogen) atoms. The highest BCUT2D eigenvalue weighted by Gasteiger charge is 2.17. The van der Waals surface area contributed by atoms with Crippen molar-refractivity contribution in [3.63, 3.8) is 0 Å². The number of carbonyl (C=O) groups excluding carboxylic acids is 1. The lowest BCUT2D eigenvalue weighted by Crippen LogP contribution is -2.14. The smallest absolute Gasteiger partial charge is 0.251 e. The van der Waals surface area contributed by atoms with Crippen LogP contribution in [-0.4, -0.2) is 20.7 Å². The normalized spacial score (nSPS) is 10.0. The van der Waals surface area contributed by atoms with Gasteiger partial charge in [-0.3, -0.25) is 4.79 Å². The molecular formula is C15H17N5O. The molecule has 0 radical (unpaired) electrons. The molecule has 4 N–H and O–H groups in total. The predicted molar refractivity (Wildman–Crippen MR) is 82.7 cm³/mol. The number of nitrogens with zero attached hydrogens (tertiary/aromatic N) is 3. The van der Waals surface area contributed by atoms with Gasteiger partial charge in [-0.1, -0.05) is 32.0 Å². The molecule has 0 aliphatic heterocycles. The molecule has 1 amide bonds. The Morgan fingerprint density at radius 2 is 1.86 bits per heavy atom. The van der Waals surface area contributed by atoms with Crippen LogP contribution in [-0.2, 0) is 0 Å². The lowest BCUT2D eigenvalue weighted by atomic mass is 9.99. The number of rotatable bonds is 2. The predicted octanol–water partition coefficient (Wildman–Crippen LogP) is 2.10. The second-order valence-electron chi connectivity index (χ2n) is 4.09. The molecular weight excluding hydrogens is 266 g/mol. The van der Waals surface area contributed by atoms with Gasteiger partial charge in [-0.05, 0) is 12.1 Å². The first-order valence-electron chi connectivity index (χ1n) is 6.66. The SMILES string of the molecule is CC.NC(=O)c1cnn2nccc2c1-c1ccccc1N. The Kier molecular flexibility index (Phi) is 4.18. The number of anilines is 1. The Hall–Kier alpha value is -2.89. The lowest BCUT2D eigenvalue weighted by molar-refractivity contribution is 0.100. The molecule has 3 aromatic rings. The number of para-hydroxylation sites is 1. The lowest BCUT2D eigenvalue weighted by Gasteiger charge is -2.10. The first kappa shape index (κ1) is 14.5. The van der Waals surface area contributed by atoms with Crippen molar-refractivity contribution >= 4 is 17.1 Å². The van der Waals surface area contributed by atoms with E-state index >= 15 is 0 Å². The van der Waals surface area contributed by atoms with E-state index in [0.717, 1.165) is 5.56 Å². The molecule has 2 heterocycles. The van der Waals surface area contributed by atoms with Crippen molar-refractivity contribution < 1.29 is 4.79 Å². The van der Waals surface area contributed by atoms with Crippen LogP contribution in [0.15, 0.2) is 42.7 Å². The molecule has 0 bridgehead atoms. The van der Waals surface area contributed by atoms with Gasteiger partial charge in [0, 0.05) is 16.8 Å². The minimum Gasteiger partial charge on any atom is -0.398 e. The fraction of sp³-hybridized carbons (Fsp3) is 0.133. The molecule has 2 aromatic heterocycles. The van der Waals surface area contributed by atoms with Crippen LogP contribution in [0.2, 0.25) is 0 Å². The summed E-state index contributed by atoms with van der Waals surface area (Å²) in [4.78, 5) is 11.6. The van der Waals surface area contributed by atoms with Crippen molar-refractivity contribution in [2.75, 3.05) is 5.73 Å². The number of benzene rings is 1. The van der Waals surface area contributed by atoms with E-state index in [2.05, 4.69) is 10.2 Å². The summed E-state index contributed by atoms with van der Waals surface area (Å²) in [7, 11) is 0. The van der Waals surface area contributed by atoms with Gasteiger partial charge in [-0.2, -0.15) is 14.8 Å². The molecule has 108 valence electrons. The van der Waals surface area contributed by atoms with Crippen molar-refractivity contribution in [3.8, 4) is 11.1 Å². The van der Waals surface area contributed by atoms with Crippen LogP contribution >= 0.6 is 0 Å². The number of nitrogens with two attached hydrogens (primary N) is 2. The summed E-state index contributed by atoms with van der Waals surface area (Å²) in [5.41, 5.74) is 14.4. The third-order valence-electron chi connectivity index (χ3n) is 2.94. The maximum atomic E-state index is 11.6. The number of nitrogen functional groups attached to an aromatic ring is 1. The van der Waals surface area contributed by atoms with E-state index in [-0.39, 0.29) is 0 Å². The van der Waals surface area contributed by atoms with E-state index in [4.69, 9.17) is 11.5 Å². The van der Waals surface area contributed by atoms with Crippen molar-refractivity contribution in [3.05, 3.63) is 48.3 Å². The fourth-order valence-corrected chi connectivity index (χ4v) is 2.08. The van der Waals surface area contributed by atoms with Gasteiger partial charge >= 0.3 is 0 Å². The highest BCUT2D eigenvalue weighted by atomic mass is 16.1. The monoisotopic (exact) mass is 283 g/mol. The van der Waals surface area contributed by atoms with Crippen molar-refractivity contribution in [2.24, 2.45) is 5.73 Å². The Labute approximate surface area is 122 Å². The number of hydrogen-bond acceptors (Lipinski definition) is 4. The van der Waals surface area contributed by atoms with Gasteiger partial charge in [-0.15, -0.1) is 0 Å². The van der Waals surface area contributed by atoms with Crippen molar-refractivity contribution in [1.29, 1.82) is 0 Å². The molecule has 1 aromatic carbocycles. The number of hydrogen-bond donors (Lipinski definition) is 2. The van der Waals surface area contributed by atoms with Crippen LogP contribution in [0.5, 0.6) is 0 Å². The highest BCUT2D eigenvalue weighted by molar-refractivity contribution is 6.05. The van der Waals surface area contributed by atoms with Crippen LogP contribution in [0, 0.1) is 0 Å². The highest BCUT2D eigenvalue weighted by Crippen LogP contribution is 2.31. The van der Waals surface area contributed by atoms with Gasteiger partial charge in [0.25, 0.3) is 5.91 Å².